The van der Waals surface area contributed by atoms with Gasteiger partial charge in [0, 0.05) is 17.0 Å². The highest BCUT2D eigenvalue weighted by Gasteiger charge is 2.16. The zero-order valence-corrected chi connectivity index (χ0v) is 11.2. The molecule has 0 fully saturated rings. The van der Waals surface area contributed by atoms with Crippen molar-refractivity contribution in [2.75, 3.05) is 0 Å². The van der Waals surface area contributed by atoms with Gasteiger partial charge in [-0.3, -0.25) is 0 Å². The van der Waals surface area contributed by atoms with Gasteiger partial charge in [-0.25, -0.2) is 8.78 Å². The molecule has 0 aromatic heterocycles. The van der Waals surface area contributed by atoms with E-state index in [0.717, 1.165) is 6.07 Å². The van der Waals surface area contributed by atoms with E-state index >= 15 is 0 Å². The molecule has 0 aliphatic carbocycles. The van der Waals surface area contributed by atoms with Gasteiger partial charge in [-0.2, -0.15) is 0 Å². The van der Waals surface area contributed by atoms with Crippen molar-refractivity contribution >= 4 is 23.2 Å². The van der Waals surface area contributed by atoms with Crippen LogP contribution in [0.4, 0.5) is 8.78 Å². The van der Waals surface area contributed by atoms with Crippen molar-refractivity contribution in [2.24, 2.45) is 0 Å². The zero-order chi connectivity index (χ0) is 14.0. The largest absolute Gasteiger partial charge is 0.388 e. The van der Waals surface area contributed by atoms with E-state index < -0.39 is 17.7 Å². The molecule has 0 heterocycles. The second kappa shape index (κ2) is 5.87. The Labute approximate surface area is 119 Å². The van der Waals surface area contributed by atoms with Crippen LogP contribution >= 0.6 is 23.2 Å². The van der Waals surface area contributed by atoms with Crippen LogP contribution in [0.5, 0.6) is 0 Å². The van der Waals surface area contributed by atoms with E-state index in [0.29, 0.717) is 0 Å². The van der Waals surface area contributed by atoms with Crippen LogP contribution in [0.25, 0.3) is 0 Å². The monoisotopic (exact) mass is 302 g/mol. The summed E-state index contributed by atoms with van der Waals surface area (Å²) in [6.45, 7) is 0. The quantitative estimate of drug-likeness (QED) is 0.882. The molecule has 5 heteroatoms. The molecule has 2 aromatic rings. The van der Waals surface area contributed by atoms with E-state index in [1.54, 1.807) is 0 Å². The first-order valence-corrected chi connectivity index (χ1v) is 6.30. The maximum atomic E-state index is 13.6. The van der Waals surface area contributed by atoms with E-state index in [1.807, 2.05) is 0 Å². The van der Waals surface area contributed by atoms with Gasteiger partial charge in [0.2, 0.25) is 0 Å². The van der Waals surface area contributed by atoms with Gasteiger partial charge in [0.15, 0.2) is 0 Å². The molecule has 100 valence electrons. The highest BCUT2D eigenvalue weighted by atomic mass is 35.5. The molecule has 1 N–H and O–H groups in total. The summed E-state index contributed by atoms with van der Waals surface area (Å²) < 4.78 is 26.9. The lowest BCUT2D eigenvalue weighted by atomic mass is 10.0. The number of aliphatic hydroxyl groups is 1. The first kappa shape index (κ1) is 14.3. The predicted octanol–water partition coefficient (Wildman–Crippen LogP) is 4.55. The Hall–Kier alpha value is -1.16. The summed E-state index contributed by atoms with van der Waals surface area (Å²) in [7, 11) is 0. The maximum Gasteiger partial charge on any atom is 0.142 e. The molecular weight excluding hydrogens is 293 g/mol. The molecule has 0 spiro atoms. The zero-order valence-electron chi connectivity index (χ0n) is 9.71. The number of halogens is 4. The topological polar surface area (TPSA) is 20.2 Å². The van der Waals surface area contributed by atoms with Gasteiger partial charge >= 0.3 is 0 Å². The Balaban J connectivity index is 2.25. The van der Waals surface area contributed by atoms with E-state index in [-0.39, 0.29) is 27.6 Å². The average molecular weight is 303 g/mol. The summed E-state index contributed by atoms with van der Waals surface area (Å²) in [5.74, 6) is -1.13. The molecule has 2 rings (SSSR count). The van der Waals surface area contributed by atoms with Crippen LogP contribution in [0.3, 0.4) is 0 Å². The molecule has 0 aliphatic heterocycles. The lowest BCUT2D eigenvalue weighted by Crippen LogP contribution is -2.05. The molecule has 0 saturated carbocycles. The fraction of sp³-hybridized carbons (Fsp3) is 0.143. The normalized spacial score (nSPS) is 12.5. The summed E-state index contributed by atoms with van der Waals surface area (Å²) >= 11 is 11.4. The molecule has 0 aliphatic rings. The second-order valence-electron chi connectivity index (χ2n) is 4.10. The third-order valence-electron chi connectivity index (χ3n) is 2.77. The Morgan fingerprint density at radius 2 is 1.79 bits per heavy atom. The van der Waals surface area contributed by atoms with E-state index in [4.69, 9.17) is 23.2 Å². The standard InChI is InChI=1S/C14H10Cl2F2O/c15-9-5-4-8(12(18)7-9)6-13(19)10-2-1-3-11(17)14(10)16/h1-5,7,13,19H,6H2. The van der Waals surface area contributed by atoms with Crippen LogP contribution in [-0.4, -0.2) is 5.11 Å². The molecule has 1 unspecified atom stereocenters. The minimum absolute atomic E-state index is 0.00776. The van der Waals surface area contributed by atoms with Gasteiger partial charge in [-0.15, -0.1) is 0 Å². The van der Waals surface area contributed by atoms with Gasteiger partial charge in [0.25, 0.3) is 0 Å². The highest BCUT2D eigenvalue weighted by Crippen LogP contribution is 2.28. The first-order chi connectivity index (χ1) is 8.99. The Kier molecular flexibility index (Phi) is 4.40. The van der Waals surface area contributed by atoms with Crippen molar-refractivity contribution in [1.82, 2.24) is 0 Å². The SMILES string of the molecule is OC(Cc1ccc(Cl)cc1F)c1cccc(F)c1Cl. The molecule has 2 aromatic carbocycles. The van der Waals surface area contributed by atoms with Crippen molar-refractivity contribution in [3.05, 3.63) is 69.2 Å². The van der Waals surface area contributed by atoms with Gasteiger partial charge in [0.05, 0.1) is 11.1 Å². The van der Waals surface area contributed by atoms with Gasteiger partial charge in [0.1, 0.15) is 11.6 Å². The molecule has 1 atom stereocenters. The van der Waals surface area contributed by atoms with Crippen molar-refractivity contribution in [3.8, 4) is 0 Å². The van der Waals surface area contributed by atoms with E-state index in [1.165, 1.54) is 30.3 Å². The number of hydrogen-bond donors (Lipinski definition) is 1. The van der Waals surface area contributed by atoms with Gasteiger partial charge < -0.3 is 5.11 Å². The number of benzene rings is 2. The fourth-order valence-electron chi connectivity index (χ4n) is 1.78. The third-order valence-corrected chi connectivity index (χ3v) is 3.40. The molecule has 1 nitrogen and oxygen atoms in total. The fourth-order valence-corrected chi connectivity index (χ4v) is 2.19. The Bertz CT molecular complexity index is 602. The van der Waals surface area contributed by atoms with Gasteiger partial charge in [-0.05, 0) is 23.8 Å². The highest BCUT2D eigenvalue weighted by molar-refractivity contribution is 6.31. The first-order valence-electron chi connectivity index (χ1n) is 5.55. The average Bonchev–Trinajstić information content (AvgIpc) is 2.36. The van der Waals surface area contributed by atoms with E-state index in [2.05, 4.69) is 0 Å². The molecule has 19 heavy (non-hydrogen) atoms. The van der Waals surface area contributed by atoms with Crippen LogP contribution < -0.4 is 0 Å². The second-order valence-corrected chi connectivity index (χ2v) is 4.91. The molecule has 0 bridgehead atoms. The van der Waals surface area contributed by atoms with Crippen LogP contribution in [0.15, 0.2) is 36.4 Å². The van der Waals surface area contributed by atoms with Crippen LogP contribution in [0, 0.1) is 11.6 Å². The minimum Gasteiger partial charge on any atom is -0.388 e. The molecular formula is C14H10Cl2F2O. The number of rotatable bonds is 3. The lowest BCUT2D eigenvalue weighted by molar-refractivity contribution is 0.177. The predicted molar refractivity (Wildman–Crippen MR) is 71.5 cm³/mol. The number of aliphatic hydroxyl groups excluding tert-OH is 1. The molecule has 0 saturated heterocycles. The summed E-state index contributed by atoms with van der Waals surface area (Å²) in [6.07, 6.45) is -1.09. The molecule has 0 amide bonds. The van der Waals surface area contributed by atoms with E-state index in [9.17, 15) is 13.9 Å². The summed E-state index contributed by atoms with van der Waals surface area (Å²) in [6, 6.07) is 8.31. The Morgan fingerprint density at radius 3 is 2.47 bits per heavy atom. The van der Waals surface area contributed by atoms with Crippen molar-refractivity contribution in [1.29, 1.82) is 0 Å². The lowest BCUT2D eigenvalue weighted by Gasteiger charge is -2.13. The van der Waals surface area contributed by atoms with Gasteiger partial charge in [-0.1, -0.05) is 41.4 Å². The Morgan fingerprint density at radius 1 is 1.05 bits per heavy atom. The van der Waals surface area contributed by atoms with Crippen molar-refractivity contribution in [2.45, 2.75) is 12.5 Å². The number of hydrogen-bond acceptors (Lipinski definition) is 1. The van der Waals surface area contributed by atoms with Crippen LogP contribution in [-0.2, 0) is 6.42 Å². The third kappa shape index (κ3) is 3.24. The maximum absolute atomic E-state index is 13.6. The van der Waals surface area contributed by atoms with Crippen LogP contribution in [0.2, 0.25) is 10.0 Å². The van der Waals surface area contributed by atoms with Crippen molar-refractivity contribution in [3.63, 3.8) is 0 Å². The summed E-state index contributed by atoms with van der Waals surface area (Å²) in [4.78, 5) is 0. The summed E-state index contributed by atoms with van der Waals surface area (Å²) in [5.41, 5.74) is 0.522. The minimum atomic E-state index is -1.08. The van der Waals surface area contributed by atoms with Crippen molar-refractivity contribution < 1.29 is 13.9 Å². The smallest absolute Gasteiger partial charge is 0.142 e. The molecule has 0 radical (unpaired) electrons. The van der Waals surface area contributed by atoms with Crippen LogP contribution in [0.1, 0.15) is 17.2 Å². The summed E-state index contributed by atoms with van der Waals surface area (Å²) in [5, 5.41) is 10.2.